The maximum atomic E-state index is 11.4. The van der Waals surface area contributed by atoms with Crippen LogP contribution in [0.4, 0.5) is 0 Å². The first-order valence-corrected chi connectivity index (χ1v) is 10.7. The van der Waals surface area contributed by atoms with Crippen molar-refractivity contribution in [2.75, 3.05) is 13.1 Å². The molecule has 2 aromatic heterocycles. The van der Waals surface area contributed by atoms with Crippen LogP contribution in [0.1, 0.15) is 29.6 Å². The van der Waals surface area contributed by atoms with Crippen LogP contribution in [0, 0.1) is 5.92 Å². The number of carbonyl (C=O) groups is 1. The number of aliphatic carboxylic acids is 1. The van der Waals surface area contributed by atoms with E-state index in [0.29, 0.717) is 12.8 Å². The molecule has 0 saturated carbocycles. The van der Waals surface area contributed by atoms with Gasteiger partial charge in [-0.2, -0.15) is 0 Å². The molecule has 0 spiro atoms. The van der Waals surface area contributed by atoms with Gasteiger partial charge >= 0.3 is 5.97 Å². The number of pyridine rings is 1. The van der Waals surface area contributed by atoms with E-state index in [0.717, 1.165) is 44.9 Å². The van der Waals surface area contributed by atoms with Gasteiger partial charge in [0.05, 0.1) is 27.3 Å². The lowest BCUT2D eigenvalue weighted by Crippen LogP contribution is -2.39. The fraction of sp³-hybridized carbons (Fsp3) is 0.261. The molecule has 146 valence electrons. The molecule has 1 fully saturated rings. The Morgan fingerprint density at radius 3 is 2.45 bits per heavy atom. The summed E-state index contributed by atoms with van der Waals surface area (Å²) in [5.41, 5.74) is 2.94. The molecule has 0 amide bonds. The fourth-order valence-corrected chi connectivity index (χ4v) is 5.23. The number of carboxylic acids is 1. The Hall–Kier alpha value is -2.83. The first-order chi connectivity index (χ1) is 14.2. The van der Waals surface area contributed by atoms with Gasteiger partial charge in [0.2, 0.25) is 0 Å². The monoisotopic (exact) mass is 403 g/mol. The molecular weight excluding hydrogens is 382 g/mol. The Kier molecular flexibility index (Phi) is 4.73. The summed E-state index contributed by atoms with van der Waals surface area (Å²) in [5, 5.41) is 11.5. The largest absolute Gasteiger partial charge is 0.481 e. The van der Waals surface area contributed by atoms with Gasteiger partial charge in [-0.25, -0.2) is 4.98 Å². The summed E-state index contributed by atoms with van der Waals surface area (Å²) in [6.45, 7) is 1.46. The molecule has 1 N–H and O–H groups in total. The predicted octanol–water partition coefficient (Wildman–Crippen LogP) is 4.73. The lowest BCUT2D eigenvalue weighted by atomic mass is 9.95. The van der Waals surface area contributed by atoms with Crippen LogP contribution in [0.5, 0.6) is 0 Å². The summed E-state index contributed by atoms with van der Waals surface area (Å²) < 4.78 is 1.16. The molecule has 5 rings (SSSR count). The van der Waals surface area contributed by atoms with E-state index in [9.17, 15) is 9.90 Å². The number of rotatable bonds is 4. The van der Waals surface area contributed by atoms with E-state index in [1.54, 1.807) is 11.3 Å². The molecule has 0 radical (unpaired) electrons. The van der Waals surface area contributed by atoms with E-state index in [-0.39, 0.29) is 12.0 Å². The zero-order valence-corrected chi connectivity index (χ0v) is 16.7. The van der Waals surface area contributed by atoms with Crippen molar-refractivity contribution in [3.63, 3.8) is 0 Å². The van der Waals surface area contributed by atoms with Crippen molar-refractivity contribution < 1.29 is 9.90 Å². The summed E-state index contributed by atoms with van der Waals surface area (Å²) in [6, 6.07) is 20.4. The molecule has 4 aromatic rings. The molecule has 29 heavy (non-hydrogen) atoms. The lowest BCUT2D eigenvalue weighted by molar-refractivity contribution is -0.143. The molecular formula is C23H21N3O2S. The molecule has 1 saturated heterocycles. The Morgan fingerprint density at radius 1 is 0.966 bits per heavy atom. The Balaban J connectivity index is 1.57. The van der Waals surface area contributed by atoms with Gasteiger partial charge in [-0.15, -0.1) is 11.3 Å². The van der Waals surface area contributed by atoms with Crippen LogP contribution < -0.4 is 0 Å². The van der Waals surface area contributed by atoms with Crippen LogP contribution in [-0.2, 0) is 4.79 Å². The number of thiazole rings is 1. The zero-order chi connectivity index (χ0) is 19.8. The number of hydrogen-bond acceptors (Lipinski definition) is 5. The average molecular weight is 404 g/mol. The topological polar surface area (TPSA) is 66.3 Å². The number of piperidine rings is 1. The predicted molar refractivity (Wildman–Crippen MR) is 115 cm³/mol. The second-order valence-electron chi connectivity index (χ2n) is 7.50. The second kappa shape index (κ2) is 7.54. The van der Waals surface area contributed by atoms with Crippen molar-refractivity contribution >= 4 is 38.4 Å². The lowest BCUT2D eigenvalue weighted by Gasteiger charge is -2.35. The van der Waals surface area contributed by atoms with Gasteiger partial charge in [0, 0.05) is 18.5 Å². The maximum Gasteiger partial charge on any atom is 0.306 e. The minimum Gasteiger partial charge on any atom is -0.481 e. The zero-order valence-electron chi connectivity index (χ0n) is 15.9. The molecule has 1 aliphatic rings. The van der Waals surface area contributed by atoms with Gasteiger partial charge in [-0.1, -0.05) is 36.4 Å². The minimum absolute atomic E-state index is 0.0632. The van der Waals surface area contributed by atoms with Gasteiger partial charge in [0.15, 0.2) is 0 Å². The van der Waals surface area contributed by atoms with Crippen LogP contribution in [-0.4, -0.2) is 39.0 Å². The molecule has 2 aromatic carbocycles. The number of aromatic nitrogens is 2. The summed E-state index contributed by atoms with van der Waals surface area (Å²) >= 11 is 1.70. The highest BCUT2D eigenvalue weighted by atomic mass is 32.1. The molecule has 1 atom stereocenters. The number of benzene rings is 2. The van der Waals surface area contributed by atoms with Crippen LogP contribution in [0.2, 0.25) is 0 Å². The van der Waals surface area contributed by atoms with E-state index in [4.69, 9.17) is 9.97 Å². The summed E-state index contributed by atoms with van der Waals surface area (Å²) in [6.07, 6.45) is 1.31. The normalized spacial score (nSPS) is 17.0. The summed E-state index contributed by atoms with van der Waals surface area (Å²) in [7, 11) is 0. The third kappa shape index (κ3) is 3.50. The van der Waals surface area contributed by atoms with E-state index < -0.39 is 5.97 Å². The van der Waals surface area contributed by atoms with Crippen molar-refractivity contribution in [1.82, 2.24) is 14.9 Å². The molecule has 0 aliphatic carbocycles. The average Bonchev–Trinajstić information content (AvgIpc) is 3.18. The molecule has 3 heterocycles. The third-order valence-corrected chi connectivity index (χ3v) is 6.78. The van der Waals surface area contributed by atoms with Crippen molar-refractivity contribution in [1.29, 1.82) is 0 Å². The van der Waals surface area contributed by atoms with E-state index in [1.807, 2.05) is 36.4 Å². The van der Waals surface area contributed by atoms with Gasteiger partial charge in [0.1, 0.15) is 11.0 Å². The van der Waals surface area contributed by atoms with Crippen LogP contribution in [0.15, 0.2) is 60.7 Å². The number of fused-ring (bicyclic) bond motifs is 2. The Labute approximate surface area is 172 Å². The number of carboxylic acid groups (broad SMARTS) is 1. The number of nitrogens with zero attached hydrogens (tertiary/aromatic N) is 3. The van der Waals surface area contributed by atoms with Crippen molar-refractivity contribution in [2.45, 2.75) is 18.9 Å². The third-order valence-electron chi connectivity index (χ3n) is 5.69. The molecule has 5 nitrogen and oxygen atoms in total. The summed E-state index contributed by atoms with van der Waals surface area (Å²) in [4.78, 5) is 23.6. The van der Waals surface area contributed by atoms with Crippen LogP contribution in [0.25, 0.3) is 21.1 Å². The highest BCUT2D eigenvalue weighted by molar-refractivity contribution is 7.18. The number of hydrogen-bond donors (Lipinski definition) is 1. The Bertz CT molecular complexity index is 1150. The van der Waals surface area contributed by atoms with Gasteiger partial charge < -0.3 is 5.11 Å². The van der Waals surface area contributed by atoms with Gasteiger partial charge in [-0.05, 0) is 37.1 Å². The first-order valence-electron chi connectivity index (χ1n) is 9.87. The van der Waals surface area contributed by atoms with Gasteiger partial charge in [0.25, 0.3) is 0 Å². The molecule has 1 aliphatic heterocycles. The van der Waals surface area contributed by atoms with Crippen molar-refractivity contribution in [2.24, 2.45) is 5.92 Å². The molecule has 1 unspecified atom stereocenters. The van der Waals surface area contributed by atoms with Crippen LogP contribution in [0.3, 0.4) is 0 Å². The van der Waals surface area contributed by atoms with E-state index in [1.165, 1.54) is 0 Å². The number of para-hydroxylation sites is 2. The van der Waals surface area contributed by atoms with E-state index in [2.05, 4.69) is 29.2 Å². The Morgan fingerprint density at radius 2 is 1.69 bits per heavy atom. The van der Waals surface area contributed by atoms with Crippen LogP contribution >= 0.6 is 11.3 Å². The molecule has 0 bridgehead atoms. The second-order valence-corrected chi connectivity index (χ2v) is 8.56. The highest BCUT2D eigenvalue weighted by Crippen LogP contribution is 2.36. The van der Waals surface area contributed by atoms with Crippen molar-refractivity contribution in [3.05, 3.63) is 71.4 Å². The smallest absolute Gasteiger partial charge is 0.306 e. The van der Waals surface area contributed by atoms with E-state index >= 15 is 0 Å². The summed E-state index contributed by atoms with van der Waals surface area (Å²) in [5.74, 6) is -0.947. The quantitative estimate of drug-likeness (QED) is 0.534. The minimum atomic E-state index is -0.690. The standard InChI is InChI=1S/C23H21N3O2S/c27-23(28)16-11-13-26(14-12-16)21(22-25-18-7-3-4-8-20(18)29-22)19-10-9-15-5-1-2-6-17(15)24-19/h1-10,16,21H,11-14H2,(H,27,28). The fourth-order valence-electron chi connectivity index (χ4n) is 4.12. The maximum absolute atomic E-state index is 11.4. The van der Waals surface area contributed by atoms with Crippen molar-refractivity contribution in [3.8, 4) is 0 Å². The SMILES string of the molecule is O=C(O)C1CCN(C(c2ccc3ccccc3n2)c2nc3ccccc3s2)CC1. The number of likely N-dealkylation sites (tertiary alicyclic amines) is 1. The first kappa shape index (κ1) is 18.2. The van der Waals surface area contributed by atoms with Gasteiger partial charge in [-0.3, -0.25) is 14.7 Å². The molecule has 6 heteroatoms. The highest BCUT2D eigenvalue weighted by Gasteiger charge is 2.32.